The minimum absolute atomic E-state index is 0. The number of hydrogen-bond acceptors (Lipinski definition) is 2. The third-order valence-electron chi connectivity index (χ3n) is 2.29. The molecule has 1 aromatic rings. The van der Waals surface area contributed by atoms with Gasteiger partial charge in [0, 0.05) is 63.2 Å². The molecule has 1 aliphatic rings. The third kappa shape index (κ3) is 4.06. The number of pyridine rings is 1. The van der Waals surface area contributed by atoms with Gasteiger partial charge in [0.15, 0.2) is 0 Å². The first kappa shape index (κ1) is 18.4. The van der Waals surface area contributed by atoms with Crippen LogP contribution >= 0.6 is 0 Å². The summed E-state index contributed by atoms with van der Waals surface area (Å²) in [6, 6.07) is 3.10. The van der Waals surface area contributed by atoms with Gasteiger partial charge in [-0.2, -0.15) is 5.56 Å². The molecule has 1 aromatic heterocycles. The first-order chi connectivity index (χ1) is 5.79. The van der Waals surface area contributed by atoms with Crippen molar-refractivity contribution in [1.29, 1.82) is 0 Å². The van der Waals surface area contributed by atoms with Crippen LogP contribution in [0.3, 0.4) is 0 Å². The molecule has 0 bridgehead atoms. The van der Waals surface area contributed by atoms with Gasteiger partial charge in [0.25, 0.3) is 0 Å². The second-order valence-electron chi connectivity index (χ2n) is 3.19. The van der Waals surface area contributed by atoms with Crippen LogP contribution in [0.25, 0.3) is 0 Å². The summed E-state index contributed by atoms with van der Waals surface area (Å²) < 4.78 is 0. The minimum Gasteiger partial charge on any atom is -0.601 e. The molecule has 2 rings (SSSR count). The Kier molecular flexibility index (Phi) is 10.00. The Hall–Kier alpha value is 1.01. The molecule has 0 spiro atoms. The van der Waals surface area contributed by atoms with Gasteiger partial charge in [-0.05, 0) is 25.1 Å². The fraction of sp³-hybridized carbons (Fsp3) is 0.400. The van der Waals surface area contributed by atoms with E-state index < -0.39 is 0 Å². The van der Waals surface area contributed by atoms with Crippen molar-refractivity contribution in [3.05, 3.63) is 30.6 Å². The summed E-state index contributed by atoms with van der Waals surface area (Å²) in [5, 5.41) is 0. The van der Waals surface area contributed by atoms with E-state index >= 15 is 0 Å². The monoisotopic (exact) mass is 712 g/mol. The standard InChI is InChI=1S/C10H12N2.3W/c1-8-5-6-11-9-4-3-7-12(2)10(8)9;;;/h6H,2-4,7H2,1H3;;;/q-2;;;. The van der Waals surface area contributed by atoms with Crippen LogP contribution < -0.4 is 4.90 Å². The van der Waals surface area contributed by atoms with Crippen LogP contribution in [0.4, 0.5) is 5.69 Å². The van der Waals surface area contributed by atoms with Gasteiger partial charge in [0.05, 0.1) is 0 Å². The quantitative estimate of drug-likeness (QED) is 0.382. The molecule has 0 aromatic carbocycles. The number of nitrogens with zero attached hydrogens (tertiary/aromatic N) is 2. The van der Waals surface area contributed by atoms with Crippen molar-refractivity contribution in [2.75, 3.05) is 11.4 Å². The van der Waals surface area contributed by atoms with Crippen LogP contribution in [0.15, 0.2) is 6.20 Å². The van der Waals surface area contributed by atoms with Crippen molar-refractivity contribution in [2.45, 2.75) is 19.8 Å². The molecule has 0 radical (unpaired) electrons. The Morgan fingerprint density at radius 1 is 1.40 bits per heavy atom. The largest absolute Gasteiger partial charge is 0.601 e. The van der Waals surface area contributed by atoms with E-state index in [-0.39, 0.29) is 63.2 Å². The molecule has 0 fully saturated rings. The Morgan fingerprint density at radius 3 is 2.67 bits per heavy atom. The number of aryl methyl sites for hydroxylation is 2. The zero-order valence-corrected chi connectivity index (χ0v) is 17.3. The summed E-state index contributed by atoms with van der Waals surface area (Å²) >= 11 is 0. The average Bonchev–Trinajstić information content (AvgIpc) is 2.04. The molecule has 2 heterocycles. The van der Waals surface area contributed by atoms with Crippen LogP contribution in [-0.2, 0) is 69.6 Å². The maximum absolute atomic E-state index is 4.29. The second-order valence-corrected chi connectivity index (χ2v) is 3.19. The van der Waals surface area contributed by atoms with Crippen LogP contribution in [-0.4, -0.2) is 11.5 Å². The van der Waals surface area contributed by atoms with Crippen LogP contribution in [0, 0.1) is 20.0 Å². The molecule has 0 N–H and O–H groups in total. The SMILES string of the molecule is [CH2-]N1CCCc2nc[c-]c(C)c21.[W].[W].[W]. The van der Waals surface area contributed by atoms with Gasteiger partial charge in [-0.3, -0.25) is 12.0 Å². The van der Waals surface area contributed by atoms with Crippen molar-refractivity contribution in [3.63, 3.8) is 0 Å². The number of anilines is 1. The fourth-order valence-corrected chi connectivity index (χ4v) is 1.70. The van der Waals surface area contributed by atoms with Gasteiger partial charge in [-0.15, -0.1) is 5.69 Å². The molecule has 1 aliphatic heterocycles. The molecule has 0 saturated heterocycles. The molecule has 0 saturated carbocycles. The third-order valence-corrected chi connectivity index (χ3v) is 2.29. The van der Waals surface area contributed by atoms with Gasteiger partial charge in [0.2, 0.25) is 0 Å². The van der Waals surface area contributed by atoms with Crippen molar-refractivity contribution in [2.24, 2.45) is 0 Å². The topological polar surface area (TPSA) is 16.1 Å². The van der Waals surface area contributed by atoms with E-state index in [4.69, 9.17) is 0 Å². The minimum atomic E-state index is 0. The molecule has 0 atom stereocenters. The number of aromatic nitrogens is 1. The first-order valence-corrected chi connectivity index (χ1v) is 4.23. The smallest absolute Gasteiger partial charge is 0 e. The average molecular weight is 712 g/mol. The van der Waals surface area contributed by atoms with E-state index in [1.807, 2.05) is 4.90 Å². The van der Waals surface area contributed by atoms with Gasteiger partial charge in [-0.25, -0.2) is 6.07 Å². The number of rotatable bonds is 0. The number of hydrogen-bond donors (Lipinski definition) is 0. The van der Waals surface area contributed by atoms with Crippen molar-refractivity contribution >= 4 is 5.69 Å². The summed E-state index contributed by atoms with van der Waals surface area (Å²) in [7, 11) is 3.97. The molecular weight excluding hydrogens is 700 g/mol. The summed E-state index contributed by atoms with van der Waals surface area (Å²) in [6.07, 6.45) is 4.00. The summed E-state index contributed by atoms with van der Waals surface area (Å²) in [4.78, 5) is 6.32. The molecule has 0 unspecified atom stereocenters. The fourth-order valence-electron chi connectivity index (χ4n) is 1.70. The molecule has 2 nitrogen and oxygen atoms in total. The maximum atomic E-state index is 4.29. The Labute approximate surface area is 134 Å². The van der Waals surface area contributed by atoms with Gasteiger partial charge in [0.1, 0.15) is 0 Å². The first-order valence-electron chi connectivity index (χ1n) is 4.23. The number of fused-ring (bicyclic) bond motifs is 1. The van der Waals surface area contributed by atoms with Crippen LogP contribution in [0.1, 0.15) is 17.7 Å². The Balaban J connectivity index is 0. The summed E-state index contributed by atoms with van der Waals surface area (Å²) in [5.74, 6) is 0. The van der Waals surface area contributed by atoms with Crippen molar-refractivity contribution in [3.8, 4) is 0 Å². The molecular formula is C10H12N2W3-2. The van der Waals surface area contributed by atoms with E-state index in [2.05, 4.69) is 25.0 Å². The Bertz CT molecular complexity index is 305. The molecule has 82 valence electrons. The van der Waals surface area contributed by atoms with Crippen LogP contribution in [0.2, 0.25) is 0 Å². The van der Waals surface area contributed by atoms with E-state index in [1.54, 1.807) is 6.20 Å². The molecule has 0 aliphatic carbocycles. The van der Waals surface area contributed by atoms with E-state index in [0.717, 1.165) is 24.9 Å². The predicted molar refractivity (Wildman–Crippen MR) is 48.8 cm³/mol. The van der Waals surface area contributed by atoms with Crippen molar-refractivity contribution in [1.82, 2.24) is 4.98 Å². The maximum Gasteiger partial charge on any atom is 0 e. The van der Waals surface area contributed by atoms with E-state index in [1.165, 1.54) is 11.4 Å². The summed E-state index contributed by atoms with van der Waals surface area (Å²) in [6.45, 7) is 3.09. The van der Waals surface area contributed by atoms with E-state index in [9.17, 15) is 0 Å². The predicted octanol–water partition coefficient (Wildman–Crippen LogP) is 1.73. The second kappa shape index (κ2) is 8.16. The normalized spacial score (nSPS) is 12.8. The van der Waals surface area contributed by atoms with Gasteiger partial charge < -0.3 is 4.90 Å². The van der Waals surface area contributed by atoms with Gasteiger partial charge in [-0.1, -0.05) is 13.1 Å². The molecule has 5 heteroatoms. The Morgan fingerprint density at radius 2 is 2.07 bits per heavy atom. The zero-order valence-electron chi connectivity index (χ0n) is 8.52. The van der Waals surface area contributed by atoms with Crippen molar-refractivity contribution < 1.29 is 63.2 Å². The van der Waals surface area contributed by atoms with E-state index in [0.29, 0.717) is 0 Å². The zero-order chi connectivity index (χ0) is 8.55. The molecule has 15 heavy (non-hydrogen) atoms. The van der Waals surface area contributed by atoms with Crippen LogP contribution in [0.5, 0.6) is 0 Å². The summed E-state index contributed by atoms with van der Waals surface area (Å²) in [5.41, 5.74) is 3.52. The van der Waals surface area contributed by atoms with Gasteiger partial charge >= 0.3 is 0 Å². The molecule has 0 amide bonds.